The van der Waals surface area contributed by atoms with Crippen LogP contribution in [0.5, 0.6) is 5.75 Å². The van der Waals surface area contributed by atoms with Crippen LogP contribution in [0.25, 0.3) is 0 Å². The number of fused-ring (bicyclic) bond motifs is 1. The lowest BCUT2D eigenvalue weighted by Crippen LogP contribution is -2.42. The van der Waals surface area contributed by atoms with Crippen LogP contribution < -0.4 is 15.0 Å². The van der Waals surface area contributed by atoms with Crippen molar-refractivity contribution in [3.63, 3.8) is 0 Å². The molecule has 2 amide bonds. The molecule has 1 saturated carbocycles. The standard InChI is InChI=1S/C17H22N2O3/c1-11-17(21)19(2)14-10-12(8-9-15(14)22-11)16(20)18-13-6-4-3-5-7-13/h8-11,13H,3-7H2,1-2H3,(H,18,20). The summed E-state index contributed by atoms with van der Waals surface area (Å²) in [6, 6.07) is 5.53. The molecular weight excluding hydrogens is 280 g/mol. The average Bonchev–Trinajstić information content (AvgIpc) is 2.53. The minimum Gasteiger partial charge on any atom is -0.479 e. The second-order valence-corrected chi connectivity index (χ2v) is 6.15. The predicted molar refractivity (Wildman–Crippen MR) is 84.3 cm³/mol. The fourth-order valence-corrected chi connectivity index (χ4v) is 3.17. The molecule has 1 heterocycles. The van der Waals surface area contributed by atoms with E-state index < -0.39 is 6.10 Å². The number of carbonyl (C=O) groups excluding carboxylic acids is 2. The Morgan fingerprint density at radius 3 is 2.73 bits per heavy atom. The molecule has 1 aliphatic carbocycles. The Bertz CT molecular complexity index is 594. The van der Waals surface area contributed by atoms with Crippen LogP contribution in [-0.2, 0) is 4.79 Å². The SMILES string of the molecule is CC1Oc2ccc(C(=O)NC3CCCCC3)cc2N(C)C1=O. The molecule has 0 aromatic heterocycles. The molecule has 0 radical (unpaired) electrons. The van der Waals surface area contributed by atoms with Crippen molar-refractivity contribution in [1.29, 1.82) is 0 Å². The second-order valence-electron chi connectivity index (χ2n) is 6.15. The maximum absolute atomic E-state index is 12.4. The van der Waals surface area contributed by atoms with Crippen molar-refractivity contribution in [2.75, 3.05) is 11.9 Å². The smallest absolute Gasteiger partial charge is 0.267 e. The number of hydrogen-bond donors (Lipinski definition) is 1. The lowest BCUT2D eigenvalue weighted by molar-refractivity contribution is -0.125. The summed E-state index contributed by atoms with van der Waals surface area (Å²) < 4.78 is 5.58. The molecule has 0 spiro atoms. The van der Waals surface area contributed by atoms with E-state index in [0.29, 0.717) is 17.0 Å². The fourth-order valence-electron chi connectivity index (χ4n) is 3.17. The van der Waals surface area contributed by atoms with Gasteiger partial charge in [0, 0.05) is 18.7 Å². The first-order chi connectivity index (χ1) is 10.6. The Balaban J connectivity index is 1.78. The fraction of sp³-hybridized carbons (Fsp3) is 0.529. The van der Waals surface area contributed by atoms with Crippen LogP contribution >= 0.6 is 0 Å². The zero-order valence-corrected chi connectivity index (χ0v) is 13.1. The summed E-state index contributed by atoms with van der Waals surface area (Å²) in [6.07, 6.45) is 5.23. The maximum Gasteiger partial charge on any atom is 0.267 e. The van der Waals surface area contributed by atoms with Gasteiger partial charge in [0.2, 0.25) is 0 Å². The van der Waals surface area contributed by atoms with Gasteiger partial charge >= 0.3 is 0 Å². The molecule has 1 aromatic carbocycles. The van der Waals surface area contributed by atoms with Crippen molar-refractivity contribution in [3.05, 3.63) is 23.8 Å². The number of carbonyl (C=O) groups is 2. The minimum atomic E-state index is -0.487. The van der Waals surface area contributed by atoms with E-state index in [1.807, 2.05) is 0 Å². The third-order valence-electron chi connectivity index (χ3n) is 4.50. The van der Waals surface area contributed by atoms with Crippen molar-refractivity contribution >= 4 is 17.5 Å². The molecule has 22 heavy (non-hydrogen) atoms. The molecule has 1 N–H and O–H groups in total. The van der Waals surface area contributed by atoms with Gasteiger partial charge in [0.05, 0.1) is 5.69 Å². The summed E-state index contributed by atoms with van der Waals surface area (Å²) in [4.78, 5) is 25.9. The van der Waals surface area contributed by atoms with Crippen LogP contribution in [0.1, 0.15) is 49.4 Å². The highest BCUT2D eigenvalue weighted by molar-refractivity contribution is 6.02. The second kappa shape index (κ2) is 5.99. The predicted octanol–water partition coefficient (Wildman–Crippen LogP) is 2.49. The number of likely N-dealkylation sites (N-methyl/N-ethyl adjacent to an activating group) is 1. The maximum atomic E-state index is 12.4. The molecule has 5 nitrogen and oxygen atoms in total. The van der Waals surface area contributed by atoms with E-state index in [4.69, 9.17) is 4.74 Å². The van der Waals surface area contributed by atoms with Crippen LogP contribution in [-0.4, -0.2) is 31.0 Å². The average molecular weight is 302 g/mol. The van der Waals surface area contributed by atoms with Crippen molar-refractivity contribution in [3.8, 4) is 5.75 Å². The topological polar surface area (TPSA) is 58.6 Å². The Morgan fingerprint density at radius 1 is 1.27 bits per heavy atom. The van der Waals surface area contributed by atoms with Gasteiger partial charge in [0.1, 0.15) is 5.75 Å². The third-order valence-corrected chi connectivity index (χ3v) is 4.50. The van der Waals surface area contributed by atoms with Gasteiger partial charge in [-0.25, -0.2) is 0 Å². The van der Waals surface area contributed by atoms with Gasteiger partial charge in [-0.1, -0.05) is 19.3 Å². The number of anilines is 1. The Kier molecular flexibility index (Phi) is 4.05. The van der Waals surface area contributed by atoms with Crippen molar-refractivity contribution in [1.82, 2.24) is 5.32 Å². The Labute approximate surface area is 130 Å². The van der Waals surface area contributed by atoms with Gasteiger partial charge in [-0.05, 0) is 38.0 Å². The van der Waals surface area contributed by atoms with Crippen LogP contribution in [0.15, 0.2) is 18.2 Å². The normalized spacial score (nSPS) is 22.0. The Hall–Kier alpha value is -2.04. The van der Waals surface area contributed by atoms with Crippen molar-refractivity contribution < 1.29 is 14.3 Å². The number of amides is 2. The lowest BCUT2D eigenvalue weighted by Gasteiger charge is -2.30. The molecule has 5 heteroatoms. The highest BCUT2D eigenvalue weighted by atomic mass is 16.5. The molecule has 1 fully saturated rings. The van der Waals surface area contributed by atoms with Gasteiger partial charge in [0.15, 0.2) is 6.10 Å². The molecule has 3 rings (SSSR count). The molecule has 0 bridgehead atoms. The van der Waals surface area contributed by atoms with E-state index >= 15 is 0 Å². The summed E-state index contributed by atoms with van der Waals surface area (Å²) in [5.74, 6) is 0.468. The molecule has 0 saturated heterocycles. The van der Waals surface area contributed by atoms with E-state index in [2.05, 4.69) is 5.32 Å². The first kappa shape index (κ1) is 14.9. The minimum absolute atomic E-state index is 0.0748. The van der Waals surface area contributed by atoms with E-state index in [9.17, 15) is 9.59 Å². The van der Waals surface area contributed by atoms with Crippen LogP contribution in [0, 0.1) is 0 Å². The molecule has 118 valence electrons. The van der Waals surface area contributed by atoms with Gasteiger partial charge in [-0.3, -0.25) is 9.59 Å². The van der Waals surface area contributed by atoms with Crippen molar-refractivity contribution in [2.24, 2.45) is 0 Å². The summed E-state index contributed by atoms with van der Waals surface area (Å²) in [5, 5.41) is 3.09. The number of nitrogens with zero attached hydrogens (tertiary/aromatic N) is 1. The molecular formula is C17H22N2O3. The molecule has 2 aliphatic rings. The quantitative estimate of drug-likeness (QED) is 0.913. The van der Waals surface area contributed by atoms with E-state index in [0.717, 1.165) is 12.8 Å². The highest BCUT2D eigenvalue weighted by Crippen LogP contribution is 2.34. The molecule has 1 unspecified atom stereocenters. The number of hydrogen-bond acceptors (Lipinski definition) is 3. The van der Waals surface area contributed by atoms with Gasteiger partial charge in [-0.2, -0.15) is 0 Å². The van der Waals surface area contributed by atoms with Gasteiger partial charge in [0.25, 0.3) is 11.8 Å². The molecule has 1 aliphatic heterocycles. The van der Waals surface area contributed by atoms with Gasteiger partial charge in [-0.15, -0.1) is 0 Å². The summed E-state index contributed by atoms with van der Waals surface area (Å²) >= 11 is 0. The van der Waals surface area contributed by atoms with E-state index in [1.54, 1.807) is 37.1 Å². The van der Waals surface area contributed by atoms with Crippen LogP contribution in [0.3, 0.4) is 0 Å². The number of nitrogens with one attached hydrogen (secondary N) is 1. The monoisotopic (exact) mass is 302 g/mol. The zero-order valence-electron chi connectivity index (χ0n) is 13.1. The molecule has 1 aromatic rings. The zero-order chi connectivity index (χ0) is 15.7. The van der Waals surface area contributed by atoms with Crippen molar-refractivity contribution in [2.45, 2.75) is 51.2 Å². The highest BCUT2D eigenvalue weighted by Gasteiger charge is 2.29. The lowest BCUT2D eigenvalue weighted by atomic mass is 9.95. The molecule has 1 atom stereocenters. The number of ether oxygens (including phenoxy) is 1. The number of benzene rings is 1. The summed E-state index contributed by atoms with van der Waals surface area (Å²) in [6.45, 7) is 1.73. The summed E-state index contributed by atoms with van der Waals surface area (Å²) in [7, 11) is 1.71. The largest absolute Gasteiger partial charge is 0.479 e. The first-order valence-electron chi connectivity index (χ1n) is 7.95. The summed E-state index contributed by atoms with van der Waals surface area (Å²) in [5.41, 5.74) is 1.22. The van der Waals surface area contributed by atoms with E-state index in [-0.39, 0.29) is 17.9 Å². The third kappa shape index (κ3) is 2.80. The van der Waals surface area contributed by atoms with Gasteiger partial charge < -0.3 is 15.0 Å². The van der Waals surface area contributed by atoms with Crippen LogP contribution in [0.2, 0.25) is 0 Å². The Morgan fingerprint density at radius 2 is 2.00 bits per heavy atom. The van der Waals surface area contributed by atoms with E-state index in [1.165, 1.54) is 19.3 Å². The van der Waals surface area contributed by atoms with Crippen LogP contribution in [0.4, 0.5) is 5.69 Å². The number of rotatable bonds is 2. The first-order valence-corrected chi connectivity index (χ1v) is 7.95.